The molecule has 0 atom stereocenters. The maximum Gasteiger partial charge on any atom is 0.490 e. The fraction of sp³-hybridized carbons (Fsp3) is 0.333. The Kier molecular flexibility index (Phi) is 2.40. The number of halogens is 3. The molecular formula is C6H7BF3NO2. The summed E-state index contributed by atoms with van der Waals surface area (Å²) in [4.78, 5) is 0. The first-order valence-electron chi connectivity index (χ1n) is 3.41. The van der Waals surface area contributed by atoms with Crippen molar-refractivity contribution in [2.45, 2.75) is 6.18 Å². The summed E-state index contributed by atoms with van der Waals surface area (Å²) < 4.78 is 37.7. The second kappa shape index (κ2) is 3.08. The highest BCUT2D eigenvalue weighted by Gasteiger charge is 2.37. The fourth-order valence-electron chi connectivity index (χ4n) is 1.05. The zero-order valence-corrected chi connectivity index (χ0v) is 6.71. The van der Waals surface area contributed by atoms with Gasteiger partial charge in [-0.3, -0.25) is 0 Å². The lowest BCUT2D eigenvalue weighted by atomic mass is 9.79. The van der Waals surface area contributed by atoms with Crippen molar-refractivity contribution in [1.29, 1.82) is 0 Å². The molecule has 1 aromatic rings. The second-order valence-corrected chi connectivity index (χ2v) is 2.66. The molecule has 0 saturated heterocycles. The molecule has 0 amide bonds. The lowest BCUT2D eigenvalue weighted by molar-refractivity contribution is -0.136. The number of aryl methyl sites for hydroxylation is 1. The van der Waals surface area contributed by atoms with E-state index in [1.54, 1.807) is 0 Å². The summed E-state index contributed by atoms with van der Waals surface area (Å²) in [7, 11) is -0.723. The maximum atomic E-state index is 12.2. The van der Waals surface area contributed by atoms with Gasteiger partial charge in [-0.25, -0.2) is 0 Å². The van der Waals surface area contributed by atoms with Crippen LogP contribution in [0, 0.1) is 0 Å². The van der Waals surface area contributed by atoms with Gasteiger partial charge in [0.2, 0.25) is 0 Å². The van der Waals surface area contributed by atoms with E-state index in [-0.39, 0.29) is 0 Å². The van der Waals surface area contributed by atoms with Crippen LogP contribution >= 0.6 is 0 Å². The predicted octanol–water partition coefficient (Wildman–Crippen LogP) is -0.276. The number of hydrogen-bond acceptors (Lipinski definition) is 2. The molecule has 1 aromatic heterocycles. The van der Waals surface area contributed by atoms with Crippen molar-refractivity contribution >= 4 is 12.6 Å². The van der Waals surface area contributed by atoms with Gasteiger partial charge in [0.1, 0.15) is 0 Å². The van der Waals surface area contributed by atoms with Crippen LogP contribution in [0.2, 0.25) is 0 Å². The second-order valence-electron chi connectivity index (χ2n) is 2.66. The van der Waals surface area contributed by atoms with E-state index in [0.29, 0.717) is 0 Å². The van der Waals surface area contributed by atoms with Crippen molar-refractivity contribution in [2.75, 3.05) is 0 Å². The molecule has 1 heterocycles. The van der Waals surface area contributed by atoms with Crippen LogP contribution in [-0.2, 0) is 13.2 Å². The topological polar surface area (TPSA) is 45.4 Å². The van der Waals surface area contributed by atoms with E-state index in [4.69, 9.17) is 10.0 Å². The summed E-state index contributed by atoms with van der Waals surface area (Å²) in [5.41, 5.74) is -1.56. The van der Waals surface area contributed by atoms with Crippen LogP contribution in [0.4, 0.5) is 13.2 Å². The standard InChI is InChI=1S/C6H7BF3NO2/c1-11-2-4(6(8,9)10)5(3-11)7(12)13/h2-3,12-13H,1H3. The van der Waals surface area contributed by atoms with E-state index in [9.17, 15) is 13.2 Å². The first kappa shape index (κ1) is 10.1. The zero-order chi connectivity index (χ0) is 10.2. The number of hydrogen-bond donors (Lipinski definition) is 2. The third kappa shape index (κ3) is 2.04. The van der Waals surface area contributed by atoms with E-state index in [1.165, 1.54) is 7.05 Å². The van der Waals surface area contributed by atoms with Crippen molar-refractivity contribution in [1.82, 2.24) is 4.57 Å². The van der Waals surface area contributed by atoms with Gasteiger partial charge in [-0.1, -0.05) is 0 Å². The summed E-state index contributed by atoms with van der Waals surface area (Å²) in [5, 5.41) is 17.2. The molecule has 3 nitrogen and oxygen atoms in total. The summed E-state index contributed by atoms with van der Waals surface area (Å²) >= 11 is 0. The molecule has 0 unspecified atom stereocenters. The highest BCUT2D eigenvalue weighted by molar-refractivity contribution is 6.59. The smallest absolute Gasteiger partial charge is 0.423 e. The van der Waals surface area contributed by atoms with Crippen molar-refractivity contribution in [2.24, 2.45) is 7.05 Å². The molecule has 1 rings (SSSR count). The Morgan fingerprint density at radius 1 is 1.31 bits per heavy atom. The Labute approximate surface area is 72.6 Å². The molecule has 0 aromatic carbocycles. The SMILES string of the molecule is Cn1cc(B(O)O)c(C(F)(F)F)c1. The van der Waals surface area contributed by atoms with Crippen LogP contribution in [0.25, 0.3) is 0 Å². The molecule has 2 N–H and O–H groups in total. The van der Waals surface area contributed by atoms with Crippen LogP contribution in [0.5, 0.6) is 0 Å². The van der Waals surface area contributed by atoms with Crippen LogP contribution < -0.4 is 5.46 Å². The van der Waals surface area contributed by atoms with Crippen molar-refractivity contribution in [3.8, 4) is 0 Å². The van der Waals surface area contributed by atoms with Crippen molar-refractivity contribution in [3.05, 3.63) is 18.0 Å². The molecule has 13 heavy (non-hydrogen) atoms. The normalized spacial score (nSPS) is 11.8. The van der Waals surface area contributed by atoms with Crippen LogP contribution in [0.3, 0.4) is 0 Å². The van der Waals surface area contributed by atoms with Gasteiger partial charge < -0.3 is 14.6 Å². The first-order valence-corrected chi connectivity index (χ1v) is 3.41. The molecule has 72 valence electrons. The van der Waals surface area contributed by atoms with Gasteiger partial charge in [0.15, 0.2) is 0 Å². The highest BCUT2D eigenvalue weighted by atomic mass is 19.4. The molecule has 0 saturated carbocycles. The Bertz CT molecular complexity index is 307. The lowest BCUT2D eigenvalue weighted by Crippen LogP contribution is -2.34. The largest absolute Gasteiger partial charge is 0.490 e. The Balaban J connectivity index is 3.20. The maximum absolute atomic E-state index is 12.2. The quantitative estimate of drug-likeness (QED) is 0.602. The molecule has 0 spiro atoms. The average Bonchev–Trinajstić information content (AvgIpc) is 2.29. The fourth-order valence-corrected chi connectivity index (χ4v) is 1.05. The third-order valence-electron chi connectivity index (χ3n) is 1.57. The highest BCUT2D eigenvalue weighted by Crippen LogP contribution is 2.27. The van der Waals surface area contributed by atoms with Gasteiger partial charge >= 0.3 is 13.3 Å². The molecule has 0 radical (unpaired) electrons. The Morgan fingerprint density at radius 3 is 2.15 bits per heavy atom. The Morgan fingerprint density at radius 2 is 1.85 bits per heavy atom. The molecule has 7 heteroatoms. The summed E-state index contributed by atoms with van der Waals surface area (Å²) in [6.45, 7) is 0. The predicted molar refractivity (Wildman–Crippen MR) is 40.2 cm³/mol. The molecular weight excluding hydrogens is 186 g/mol. The number of rotatable bonds is 1. The van der Waals surface area contributed by atoms with Gasteiger partial charge in [0, 0.05) is 24.9 Å². The van der Waals surface area contributed by atoms with E-state index in [0.717, 1.165) is 17.0 Å². The Hall–Kier alpha value is -0.945. The lowest BCUT2D eigenvalue weighted by Gasteiger charge is -2.06. The van der Waals surface area contributed by atoms with Crippen LogP contribution in [0.1, 0.15) is 5.56 Å². The minimum atomic E-state index is -4.56. The average molecular weight is 193 g/mol. The minimum Gasteiger partial charge on any atom is -0.423 e. The van der Waals surface area contributed by atoms with E-state index < -0.39 is 24.3 Å². The van der Waals surface area contributed by atoms with E-state index in [2.05, 4.69) is 0 Å². The summed E-state index contributed by atoms with van der Waals surface area (Å²) in [6, 6.07) is 0. The molecule has 0 bridgehead atoms. The number of nitrogens with zero attached hydrogens (tertiary/aromatic N) is 1. The molecule has 0 aliphatic rings. The van der Waals surface area contributed by atoms with Gasteiger partial charge in [0.25, 0.3) is 0 Å². The number of alkyl halides is 3. The van der Waals surface area contributed by atoms with Crippen LogP contribution in [0.15, 0.2) is 12.4 Å². The van der Waals surface area contributed by atoms with Crippen LogP contribution in [-0.4, -0.2) is 21.7 Å². The van der Waals surface area contributed by atoms with E-state index in [1.807, 2.05) is 0 Å². The monoisotopic (exact) mass is 193 g/mol. The van der Waals surface area contributed by atoms with Gasteiger partial charge in [0.05, 0.1) is 5.56 Å². The number of aromatic nitrogens is 1. The molecule has 0 fully saturated rings. The summed E-state index contributed by atoms with van der Waals surface area (Å²) in [6.07, 6.45) is -2.73. The van der Waals surface area contributed by atoms with E-state index >= 15 is 0 Å². The molecule has 0 aliphatic heterocycles. The first-order chi connectivity index (χ1) is 5.82. The van der Waals surface area contributed by atoms with Gasteiger partial charge in [-0.15, -0.1) is 0 Å². The van der Waals surface area contributed by atoms with Crippen molar-refractivity contribution in [3.63, 3.8) is 0 Å². The van der Waals surface area contributed by atoms with Gasteiger partial charge in [-0.2, -0.15) is 13.2 Å². The van der Waals surface area contributed by atoms with Gasteiger partial charge in [-0.05, 0) is 0 Å². The minimum absolute atomic E-state index is 0.532. The molecule has 0 aliphatic carbocycles. The zero-order valence-electron chi connectivity index (χ0n) is 6.71. The summed E-state index contributed by atoms with van der Waals surface area (Å²) in [5.74, 6) is 0. The van der Waals surface area contributed by atoms with Crippen molar-refractivity contribution < 1.29 is 23.2 Å². The third-order valence-corrected chi connectivity index (χ3v) is 1.57.